The van der Waals surface area contributed by atoms with E-state index < -0.39 is 0 Å². The second-order valence-corrected chi connectivity index (χ2v) is 5.81. The van der Waals surface area contributed by atoms with Crippen LogP contribution in [0.3, 0.4) is 0 Å². The zero-order valence-corrected chi connectivity index (χ0v) is 13.3. The highest BCUT2D eigenvalue weighted by atomic mass is 35.5. The van der Waals surface area contributed by atoms with Gasteiger partial charge in [0, 0.05) is 24.0 Å². The summed E-state index contributed by atoms with van der Waals surface area (Å²) in [5, 5.41) is 9.97. The molecule has 0 fully saturated rings. The fourth-order valence-electron chi connectivity index (χ4n) is 2.43. The molecule has 0 bridgehead atoms. The summed E-state index contributed by atoms with van der Waals surface area (Å²) < 4.78 is 0. The maximum Gasteiger partial charge on any atom is 0.133 e. The summed E-state index contributed by atoms with van der Waals surface area (Å²) in [6.07, 6.45) is 0.489. The Hall–Kier alpha value is -1.79. The molecule has 0 radical (unpaired) electrons. The lowest BCUT2D eigenvalue weighted by molar-refractivity contribution is 0.607. The van der Waals surface area contributed by atoms with Crippen molar-refractivity contribution in [1.82, 2.24) is 4.98 Å². The first-order valence-corrected chi connectivity index (χ1v) is 7.75. The number of anilines is 1. The first kappa shape index (κ1) is 15.6. The Labute approximate surface area is 131 Å². The number of nitrogens with zero attached hydrogens (tertiary/aromatic N) is 3. The van der Waals surface area contributed by atoms with Gasteiger partial charge in [-0.25, -0.2) is 4.98 Å². The smallest absolute Gasteiger partial charge is 0.133 e. The van der Waals surface area contributed by atoms with Gasteiger partial charge >= 0.3 is 0 Å². The van der Waals surface area contributed by atoms with Gasteiger partial charge in [0.1, 0.15) is 5.82 Å². The number of fused-ring (bicyclic) bond motifs is 1. The maximum absolute atomic E-state index is 8.87. The summed E-state index contributed by atoms with van der Waals surface area (Å²) in [6, 6.07) is 12.4. The second kappa shape index (κ2) is 7.28. The fourth-order valence-corrected chi connectivity index (χ4v) is 2.63. The molecule has 0 saturated heterocycles. The zero-order chi connectivity index (χ0) is 15.2. The van der Waals surface area contributed by atoms with E-state index >= 15 is 0 Å². The molecule has 0 aliphatic heterocycles. The number of nitriles is 1. The molecule has 2 aromatic rings. The van der Waals surface area contributed by atoms with Crippen LogP contribution in [0.1, 0.15) is 25.8 Å². The van der Waals surface area contributed by atoms with Crippen molar-refractivity contribution in [3.63, 3.8) is 0 Å². The Morgan fingerprint density at radius 1 is 1.33 bits per heavy atom. The van der Waals surface area contributed by atoms with E-state index in [9.17, 15) is 0 Å². The highest BCUT2D eigenvalue weighted by Crippen LogP contribution is 2.26. The lowest BCUT2D eigenvalue weighted by Crippen LogP contribution is -2.30. The van der Waals surface area contributed by atoms with Crippen LogP contribution in [0.15, 0.2) is 30.3 Å². The monoisotopic (exact) mass is 301 g/mol. The fraction of sp³-hybridized carbons (Fsp3) is 0.412. The van der Waals surface area contributed by atoms with Crippen molar-refractivity contribution in [3.8, 4) is 6.07 Å². The average molecular weight is 302 g/mol. The van der Waals surface area contributed by atoms with Crippen LogP contribution in [0.25, 0.3) is 10.9 Å². The number of alkyl halides is 1. The topological polar surface area (TPSA) is 39.9 Å². The molecule has 0 unspecified atom stereocenters. The van der Waals surface area contributed by atoms with Gasteiger partial charge in [-0.2, -0.15) is 5.26 Å². The normalized spacial score (nSPS) is 10.8. The Morgan fingerprint density at radius 2 is 2.10 bits per heavy atom. The molecular formula is C17H20ClN3. The lowest BCUT2D eigenvalue weighted by Gasteiger charge is -2.27. The predicted molar refractivity (Wildman–Crippen MR) is 88.6 cm³/mol. The van der Waals surface area contributed by atoms with E-state index in [1.807, 2.05) is 24.3 Å². The molecule has 21 heavy (non-hydrogen) atoms. The molecule has 0 amide bonds. The summed E-state index contributed by atoms with van der Waals surface area (Å²) in [5.74, 6) is 1.83. The maximum atomic E-state index is 8.87. The van der Waals surface area contributed by atoms with Crippen LogP contribution in [0.4, 0.5) is 5.82 Å². The van der Waals surface area contributed by atoms with Gasteiger partial charge < -0.3 is 4.90 Å². The molecule has 0 aliphatic rings. The van der Waals surface area contributed by atoms with Crippen LogP contribution in [0.2, 0.25) is 0 Å². The molecule has 0 saturated carbocycles. The van der Waals surface area contributed by atoms with Crippen LogP contribution < -0.4 is 4.90 Å². The van der Waals surface area contributed by atoms with Gasteiger partial charge in [0.25, 0.3) is 0 Å². The third kappa shape index (κ3) is 3.86. The number of aromatic nitrogens is 1. The summed E-state index contributed by atoms with van der Waals surface area (Å²) in [5.41, 5.74) is 1.99. The van der Waals surface area contributed by atoms with Crippen molar-refractivity contribution in [2.45, 2.75) is 26.1 Å². The Kier molecular flexibility index (Phi) is 5.41. The Bertz CT molecular complexity index is 646. The summed E-state index contributed by atoms with van der Waals surface area (Å²) in [6.45, 7) is 5.89. The molecule has 0 N–H and O–H groups in total. The van der Waals surface area contributed by atoms with Crippen LogP contribution in [0, 0.1) is 17.2 Å². The van der Waals surface area contributed by atoms with E-state index in [2.05, 4.69) is 30.9 Å². The summed E-state index contributed by atoms with van der Waals surface area (Å²) in [7, 11) is 0. The van der Waals surface area contributed by atoms with E-state index in [1.165, 1.54) is 0 Å². The average Bonchev–Trinajstić information content (AvgIpc) is 2.49. The minimum atomic E-state index is 0.425. The van der Waals surface area contributed by atoms with Crippen molar-refractivity contribution in [3.05, 3.63) is 35.9 Å². The highest BCUT2D eigenvalue weighted by Gasteiger charge is 2.15. The SMILES string of the molecule is CC(C)CN(CCC#N)c1nc2ccccc2cc1CCl. The number of halogens is 1. The quantitative estimate of drug-likeness (QED) is 0.745. The van der Waals surface area contributed by atoms with Crippen LogP contribution in [-0.4, -0.2) is 18.1 Å². The van der Waals surface area contributed by atoms with Gasteiger partial charge in [0.05, 0.1) is 23.9 Å². The summed E-state index contributed by atoms with van der Waals surface area (Å²) >= 11 is 6.12. The van der Waals surface area contributed by atoms with E-state index in [0.717, 1.165) is 28.8 Å². The second-order valence-electron chi connectivity index (χ2n) is 5.55. The molecule has 0 aliphatic carbocycles. The molecule has 0 spiro atoms. The third-order valence-electron chi connectivity index (χ3n) is 3.30. The van der Waals surface area contributed by atoms with Crippen molar-refractivity contribution >= 4 is 28.3 Å². The molecule has 0 atom stereocenters. The minimum Gasteiger partial charge on any atom is -0.355 e. The standard InChI is InChI=1S/C17H20ClN3/c1-13(2)12-21(9-5-8-19)17-15(11-18)10-14-6-3-4-7-16(14)20-17/h3-4,6-7,10,13H,5,9,11-12H2,1-2H3. The number of rotatable bonds is 6. The van der Waals surface area contributed by atoms with Gasteiger partial charge in [-0.1, -0.05) is 32.0 Å². The van der Waals surface area contributed by atoms with Crippen molar-refractivity contribution in [2.24, 2.45) is 5.92 Å². The number of para-hydroxylation sites is 1. The largest absolute Gasteiger partial charge is 0.355 e. The summed E-state index contributed by atoms with van der Waals surface area (Å²) in [4.78, 5) is 6.96. The van der Waals surface area contributed by atoms with E-state index in [-0.39, 0.29) is 0 Å². The number of benzene rings is 1. The van der Waals surface area contributed by atoms with E-state index in [1.54, 1.807) is 0 Å². The first-order valence-electron chi connectivity index (χ1n) is 7.22. The van der Waals surface area contributed by atoms with Gasteiger partial charge in [0.2, 0.25) is 0 Å². The Balaban J connectivity index is 2.46. The van der Waals surface area contributed by atoms with Crippen molar-refractivity contribution < 1.29 is 0 Å². The molecule has 4 heteroatoms. The molecule has 3 nitrogen and oxygen atoms in total. The van der Waals surface area contributed by atoms with Gasteiger partial charge in [0.15, 0.2) is 0 Å². The van der Waals surface area contributed by atoms with Crippen molar-refractivity contribution in [1.29, 1.82) is 5.26 Å². The molecule has 2 rings (SSSR count). The highest BCUT2D eigenvalue weighted by molar-refractivity contribution is 6.17. The van der Waals surface area contributed by atoms with Crippen LogP contribution in [-0.2, 0) is 5.88 Å². The zero-order valence-electron chi connectivity index (χ0n) is 12.5. The van der Waals surface area contributed by atoms with Crippen LogP contribution in [0.5, 0.6) is 0 Å². The number of pyridine rings is 1. The molecule has 1 aromatic heterocycles. The molecular weight excluding hydrogens is 282 g/mol. The van der Waals surface area contributed by atoms with Crippen LogP contribution >= 0.6 is 11.6 Å². The lowest BCUT2D eigenvalue weighted by atomic mass is 10.1. The van der Waals surface area contributed by atoms with Gasteiger partial charge in [-0.15, -0.1) is 11.6 Å². The molecule has 1 heterocycles. The van der Waals surface area contributed by atoms with Gasteiger partial charge in [-0.05, 0) is 18.1 Å². The molecule has 1 aromatic carbocycles. The molecule has 110 valence electrons. The van der Waals surface area contributed by atoms with E-state index in [0.29, 0.717) is 24.8 Å². The Morgan fingerprint density at radius 3 is 2.76 bits per heavy atom. The van der Waals surface area contributed by atoms with E-state index in [4.69, 9.17) is 21.8 Å². The third-order valence-corrected chi connectivity index (χ3v) is 3.59. The number of hydrogen-bond donors (Lipinski definition) is 0. The number of hydrogen-bond acceptors (Lipinski definition) is 3. The van der Waals surface area contributed by atoms with Crippen molar-refractivity contribution in [2.75, 3.05) is 18.0 Å². The predicted octanol–water partition coefficient (Wildman–Crippen LogP) is 4.35. The minimum absolute atomic E-state index is 0.425. The first-order chi connectivity index (χ1) is 10.2. The van der Waals surface area contributed by atoms with Gasteiger partial charge in [-0.3, -0.25) is 0 Å².